The Kier molecular flexibility index (Phi) is 3.15. The number of fused-ring (bicyclic) bond motifs is 1. The number of hydrogen-bond acceptors (Lipinski definition) is 2. The van der Waals surface area contributed by atoms with Crippen LogP contribution >= 0.6 is 0 Å². The number of aliphatic imine (C=N–C) groups is 1. The summed E-state index contributed by atoms with van der Waals surface area (Å²) in [5.41, 5.74) is 7.29. The molecule has 0 bridgehead atoms. The number of methoxy groups -OCH3 is 1. The van der Waals surface area contributed by atoms with E-state index in [0.29, 0.717) is 0 Å². The van der Waals surface area contributed by atoms with Gasteiger partial charge in [0.05, 0.1) is 29.9 Å². The van der Waals surface area contributed by atoms with Crippen LogP contribution in [-0.4, -0.2) is 22.8 Å². The Labute approximate surface area is 134 Å². The van der Waals surface area contributed by atoms with Crippen molar-refractivity contribution in [1.29, 1.82) is 0 Å². The van der Waals surface area contributed by atoms with Crippen LogP contribution in [0.5, 0.6) is 5.75 Å². The third kappa shape index (κ3) is 2.28. The summed E-state index contributed by atoms with van der Waals surface area (Å²) >= 11 is 0. The van der Waals surface area contributed by atoms with E-state index in [-0.39, 0.29) is 0 Å². The normalized spacial score (nSPS) is 14.9. The molecular formula is C19H17N3O. The van der Waals surface area contributed by atoms with Gasteiger partial charge < -0.3 is 14.7 Å². The molecule has 3 aromatic rings. The largest absolute Gasteiger partial charge is 0.494 e. The van der Waals surface area contributed by atoms with E-state index in [1.54, 1.807) is 7.11 Å². The van der Waals surface area contributed by atoms with Crippen molar-refractivity contribution < 1.29 is 4.74 Å². The molecule has 4 nitrogen and oxygen atoms in total. The van der Waals surface area contributed by atoms with Crippen LogP contribution in [0.25, 0.3) is 23.0 Å². The molecule has 0 unspecified atom stereocenters. The number of aromatic amines is 2. The molecule has 3 heterocycles. The quantitative estimate of drug-likeness (QED) is 0.726. The van der Waals surface area contributed by atoms with Crippen LogP contribution in [0.3, 0.4) is 0 Å². The van der Waals surface area contributed by atoms with Gasteiger partial charge in [-0.15, -0.1) is 0 Å². The summed E-state index contributed by atoms with van der Waals surface area (Å²) in [6.07, 6.45) is 4.01. The zero-order chi connectivity index (χ0) is 15.8. The highest BCUT2D eigenvalue weighted by Gasteiger charge is 2.18. The molecule has 1 aliphatic heterocycles. The topological polar surface area (TPSA) is 53.2 Å². The Bertz CT molecular complexity index is 914. The third-order valence-electron chi connectivity index (χ3n) is 4.08. The maximum absolute atomic E-state index is 5.53. The highest BCUT2D eigenvalue weighted by Crippen LogP contribution is 2.37. The molecular weight excluding hydrogens is 286 g/mol. The fourth-order valence-electron chi connectivity index (χ4n) is 2.93. The number of H-pyrrole nitrogens is 2. The Morgan fingerprint density at radius 2 is 1.96 bits per heavy atom. The lowest BCUT2D eigenvalue weighted by molar-refractivity contribution is 0.414. The van der Waals surface area contributed by atoms with Crippen molar-refractivity contribution in [2.24, 2.45) is 4.99 Å². The van der Waals surface area contributed by atoms with E-state index in [1.807, 2.05) is 49.5 Å². The van der Waals surface area contributed by atoms with E-state index in [4.69, 9.17) is 4.74 Å². The number of nitrogens with one attached hydrogen (secondary N) is 2. The molecule has 2 aromatic heterocycles. The number of para-hydroxylation sites is 1. The minimum atomic E-state index is 0.819. The SMILES string of the molecule is COc1cc(-c2ccc[nH]2)[nH]c1/C=C1\C(C)=Nc2ccccc21. The summed E-state index contributed by atoms with van der Waals surface area (Å²) in [5.74, 6) is 0.819. The van der Waals surface area contributed by atoms with Gasteiger partial charge in [0.15, 0.2) is 0 Å². The molecule has 4 heteroatoms. The molecule has 0 amide bonds. The monoisotopic (exact) mass is 303 g/mol. The van der Waals surface area contributed by atoms with E-state index in [2.05, 4.69) is 27.1 Å². The summed E-state index contributed by atoms with van der Waals surface area (Å²) < 4.78 is 5.53. The summed E-state index contributed by atoms with van der Waals surface area (Å²) in [6, 6.07) is 14.2. The minimum absolute atomic E-state index is 0.819. The van der Waals surface area contributed by atoms with Crippen LogP contribution in [0.15, 0.2) is 53.7 Å². The maximum atomic E-state index is 5.53. The summed E-state index contributed by atoms with van der Waals surface area (Å²) in [5, 5.41) is 0. The molecule has 0 fully saturated rings. The number of ether oxygens (including phenoxy) is 1. The van der Waals surface area contributed by atoms with Gasteiger partial charge in [0, 0.05) is 29.1 Å². The van der Waals surface area contributed by atoms with Crippen LogP contribution < -0.4 is 4.74 Å². The second kappa shape index (κ2) is 5.32. The first kappa shape index (κ1) is 13.6. The Morgan fingerprint density at radius 3 is 2.74 bits per heavy atom. The Balaban J connectivity index is 1.81. The van der Waals surface area contributed by atoms with Gasteiger partial charge in [-0.05, 0) is 31.2 Å². The fraction of sp³-hybridized carbons (Fsp3) is 0.105. The van der Waals surface area contributed by atoms with Crippen molar-refractivity contribution in [3.63, 3.8) is 0 Å². The van der Waals surface area contributed by atoms with Crippen molar-refractivity contribution >= 4 is 23.0 Å². The fourth-order valence-corrected chi connectivity index (χ4v) is 2.93. The molecule has 0 radical (unpaired) electrons. The highest BCUT2D eigenvalue weighted by molar-refractivity contribution is 6.31. The van der Waals surface area contributed by atoms with Gasteiger partial charge >= 0.3 is 0 Å². The average Bonchev–Trinajstić information content (AvgIpc) is 3.27. The van der Waals surface area contributed by atoms with E-state index < -0.39 is 0 Å². The highest BCUT2D eigenvalue weighted by atomic mass is 16.5. The molecule has 23 heavy (non-hydrogen) atoms. The lowest BCUT2D eigenvalue weighted by Crippen LogP contribution is -1.91. The number of aromatic nitrogens is 2. The molecule has 1 aliphatic rings. The second-order valence-electron chi connectivity index (χ2n) is 5.52. The first-order valence-corrected chi connectivity index (χ1v) is 7.54. The van der Waals surface area contributed by atoms with Crippen LogP contribution in [-0.2, 0) is 0 Å². The van der Waals surface area contributed by atoms with Crippen molar-refractivity contribution in [3.05, 3.63) is 59.9 Å². The van der Waals surface area contributed by atoms with Gasteiger partial charge in [0.2, 0.25) is 0 Å². The predicted octanol–water partition coefficient (Wildman–Crippen LogP) is 4.67. The molecule has 0 atom stereocenters. The molecule has 1 aromatic carbocycles. The van der Waals surface area contributed by atoms with E-state index in [1.165, 1.54) is 0 Å². The van der Waals surface area contributed by atoms with E-state index >= 15 is 0 Å². The van der Waals surface area contributed by atoms with Crippen LogP contribution in [0, 0.1) is 0 Å². The molecule has 4 rings (SSSR count). The van der Waals surface area contributed by atoms with Crippen LogP contribution in [0.1, 0.15) is 18.2 Å². The second-order valence-corrected chi connectivity index (χ2v) is 5.52. The molecule has 0 saturated carbocycles. The first-order chi connectivity index (χ1) is 11.3. The van der Waals surface area contributed by atoms with Gasteiger partial charge in [0.25, 0.3) is 0 Å². The maximum Gasteiger partial charge on any atom is 0.144 e. The molecule has 114 valence electrons. The smallest absolute Gasteiger partial charge is 0.144 e. The van der Waals surface area contributed by atoms with Crippen LogP contribution in [0.2, 0.25) is 0 Å². The Hall–Kier alpha value is -3.01. The summed E-state index contributed by atoms with van der Waals surface area (Å²) in [6.45, 7) is 2.03. The van der Waals surface area contributed by atoms with Crippen molar-refractivity contribution in [2.45, 2.75) is 6.92 Å². The van der Waals surface area contributed by atoms with Crippen molar-refractivity contribution in [3.8, 4) is 17.1 Å². The zero-order valence-corrected chi connectivity index (χ0v) is 13.1. The van der Waals surface area contributed by atoms with Crippen molar-refractivity contribution in [2.75, 3.05) is 7.11 Å². The first-order valence-electron chi connectivity index (χ1n) is 7.54. The number of hydrogen-bond donors (Lipinski definition) is 2. The van der Waals surface area contributed by atoms with Gasteiger partial charge in [0.1, 0.15) is 5.75 Å². The van der Waals surface area contributed by atoms with Crippen molar-refractivity contribution in [1.82, 2.24) is 9.97 Å². The number of nitrogens with zero attached hydrogens (tertiary/aromatic N) is 1. The van der Waals surface area contributed by atoms with Gasteiger partial charge in [-0.2, -0.15) is 0 Å². The van der Waals surface area contributed by atoms with Crippen LogP contribution in [0.4, 0.5) is 5.69 Å². The predicted molar refractivity (Wildman–Crippen MR) is 94.2 cm³/mol. The third-order valence-corrected chi connectivity index (χ3v) is 4.08. The lowest BCUT2D eigenvalue weighted by atomic mass is 10.0. The zero-order valence-electron chi connectivity index (χ0n) is 13.1. The molecule has 0 spiro atoms. The number of allylic oxidation sites excluding steroid dienone is 1. The summed E-state index contributed by atoms with van der Waals surface area (Å²) in [4.78, 5) is 11.3. The van der Waals surface area contributed by atoms with E-state index in [9.17, 15) is 0 Å². The average molecular weight is 303 g/mol. The van der Waals surface area contributed by atoms with Gasteiger partial charge in [-0.3, -0.25) is 4.99 Å². The standard InChI is InChI=1S/C19H17N3O/c1-12-14(13-6-3-4-7-15(13)21-12)10-18-19(23-2)11-17(22-18)16-8-5-9-20-16/h3-11,20,22H,1-2H3/b14-10+. The van der Waals surface area contributed by atoms with Gasteiger partial charge in [-0.25, -0.2) is 0 Å². The Morgan fingerprint density at radius 1 is 1.09 bits per heavy atom. The molecule has 2 N–H and O–H groups in total. The van der Waals surface area contributed by atoms with E-state index in [0.717, 1.165) is 45.4 Å². The van der Waals surface area contributed by atoms with Gasteiger partial charge in [-0.1, -0.05) is 18.2 Å². The number of rotatable bonds is 3. The number of benzene rings is 1. The summed E-state index contributed by atoms with van der Waals surface area (Å²) in [7, 11) is 1.69. The molecule has 0 aliphatic carbocycles. The minimum Gasteiger partial charge on any atom is -0.494 e. The molecule has 0 saturated heterocycles. The lowest BCUT2D eigenvalue weighted by Gasteiger charge is -2.02.